The van der Waals surface area contributed by atoms with Crippen molar-refractivity contribution in [3.8, 4) is 0 Å². The summed E-state index contributed by atoms with van der Waals surface area (Å²) in [6, 6.07) is 13.7. The Balaban J connectivity index is 1.58. The minimum absolute atomic E-state index is 0.0254. The van der Waals surface area contributed by atoms with Gasteiger partial charge >= 0.3 is 0 Å². The van der Waals surface area contributed by atoms with Crippen LogP contribution in [-0.4, -0.2) is 55.2 Å². The third-order valence-corrected chi connectivity index (χ3v) is 7.14. The lowest BCUT2D eigenvalue weighted by Crippen LogP contribution is -2.39. The van der Waals surface area contributed by atoms with Gasteiger partial charge in [0.25, 0.3) is 5.91 Å². The molecule has 0 unspecified atom stereocenters. The number of carbonyl (C=O) groups is 1. The number of morpholine rings is 1. The first-order valence-corrected chi connectivity index (χ1v) is 12.3. The van der Waals surface area contributed by atoms with Crippen molar-refractivity contribution in [2.24, 2.45) is 0 Å². The predicted octanol–water partition coefficient (Wildman–Crippen LogP) is 5.62. The van der Waals surface area contributed by atoms with Crippen molar-refractivity contribution >= 4 is 44.2 Å². The summed E-state index contributed by atoms with van der Waals surface area (Å²) in [4.78, 5) is 22.5. The molecule has 1 aromatic heterocycles. The second-order valence-electron chi connectivity index (χ2n) is 9.17. The van der Waals surface area contributed by atoms with E-state index in [4.69, 9.17) is 21.3 Å². The summed E-state index contributed by atoms with van der Waals surface area (Å²) in [6.45, 7) is 11.5. The van der Waals surface area contributed by atoms with Crippen LogP contribution in [0, 0.1) is 0 Å². The van der Waals surface area contributed by atoms with Crippen molar-refractivity contribution in [2.45, 2.75) is 32.6 Å². The van der Waals surface area contributed by atoms with Gasteiger partial charge in [0.1, 0.15) is 5.52 Å². The molecule has 1 aliphatic heterocycles. The number of ether oxygens (including phenoxy) is 1. The number of amides is 1. The number of rotatable bonds is 6. The Morgan fingerprint density at radius 1 is 1.16 bits per heavy atom. The summed E-state index contributed by atoms with van der Waals surface area (Å²) in [7, 11) is 0. The number of thiazole rings is 1. The van der Waals surface area contributed by atoms with Crippen LogP contribution < -0.4 is 4.90 Å². The van der Waals surface area contributed by atoms with Crippen LogP contribution in [0.2, 0.25) is 5.02 Å². The fraction of sp³-hybridized carbons (Fsp3) is 0.440. The van der Waals surface area contributed by atoms with E-state index in [9.17, 15) is 4.79 Å². The van der Waals surface area contributed by atoms with Gasteiger partial charge in [0.05, 0.1) is 22.9 Å². The number of halogens is 1. The van der Waals surface area contributed by atoms with Gasteiger partial charge in [-0.05, 0) is 41.7 Å². The molecule has 0 spiro atoms. The molecule has 170 valence electrons. The van der Waals surface area contributed by atoms with Crippen molar-refractivity contribution in [3.63, 3.8) is 0 Å². The molecular formula is C25H30ClN3O2S. The number of aromatic nitrogens is 1. The molecule has 2 heterocycles. The van der Waals surface area contributed by atoms with Crippen LogP contribution >= 0.6 is 22.9 Å². The van der Waals surface area contributed by atoms with Crippen LogP contribution in [0.3, 0.4) is 0 Å². The van der Waals surface area contributed by atoms with Crippen LogP contribution in [-0.2, 0) is 10.2 Å². The minimum Gasteiger partial charge on any atom is -0.379 e. The van der Waals surface area contributed by atoms with E-state index in [0.717, 1.165) is 49.5 Å². The number of carbonyl (C=O) groups excluding carboxylic acids is 1. The Labute approximate surface area is 199 Å². The van der Waals surface area contributed by atoms with Gasteiger partial charge < -0.3 is 4.74 Å². The normalized spacial score (nSPS) is 15.2. The predicted molar refractivity (Wildman–Crippen MR) is 133 cm³/mol. The number of hydrogen-bond donors (Lipinski definition) is 0. The van der Waals surface area contributed by atoms with Crippen molar-refractivity contribution < 1.29 is 9.53 Å². The van der Waals surface area contributed by atoms with Gasteiger partial charge in [-0.1, -0.05) is 61.9 Å². The molecule has 0 radical (unpaired) electrons. The Bertz CT molecular complexity index is 1070. The molecule has 0 saturated carbocycles. The smallest absolute Gasteiger partial charge is 0.260 e. The van der Waals surface area contributed by atoms with Crippen molar-refractivity contribution in [3.05, 3.63) is 58.6 Å². The lowest BCUT2D eigenvalue weighted by molar-refractivity contribution is 0.0376. The van der Waals surface area contributed by atoms with Gasteiger partial charge in [0.2, 0.25) is 0 Å². The maximum absolute atomic E-state index is 13.6. The average Bonchev–Trinajstić information content (AvgIpc) is 3.22. The number of para-hydroxylation sites is 1. The molecule has 4 rings (SSSR count). The van der Waals surface area contributed by atoms with E-state index in [1.165, 1.54) is 16.9 Å². The molecule has 0 aliphatic carbocycles. The maximum Gasteiger partial charge on any atom is 0.260 e. The first kappa shape index (κ1) is 23.2. The first-order valence-electron chi connectivity index (χ1n) is 11.1. The number of nitrogens with zero attached hydrogens (tertiary/aromatic N) is 3. The van der Waals surface area contributed by atoms with E-state index >= 15 is 0 Å². The summed E-state index contributed by atoms with van der Waals surface area (Å²) in [6.07, 6.45) is 0.871. The first-order chi connectivity index (χ1) is 15.3. The fourth-order valence-electron chi connectivity index (χ4n) is 3.85. The van der Waals surface area contributed by atoms with Crippen LogP contribution in [0.4, 0.5) is 5.13 Å². The third kappa shape index (κ3) is 5.31. The highest BCUT2D eigenvalue weighted by molar-refractivity contribution is 7.22. The molecule has 7 heteroatoms. The zero-order chi connectivity index (χ0) is 22.7. The summed E-state index contributed by atoms with van der Waals surface area (Å²) in [5.74, 6) is -0.0254. The highest BCUT2D eigenvalue weighted by Crippen LogP contribution is 2.33. The lowest BCUT2D eigenvalue weighted by atomic mass is 9.86. The monoisotopic (exact) mass is 471 g/mol. The van der Waals surface area contributed by atoms with Crippen LogP contribution in [0.1, 0.15) is 43.1 Å². The Hall–Kier alpha value is -1.99. The molecule has 1 fully saturated rings. The fourth-order valence-corrected chi connectivity index (χ4v) is 5.14. The van der Waals surface area contributed by atoms with Gasteiger partial charge in [-0.3, -0.25) is 14.6 Å². The van der Waals surface area contributed by atoms with Crippen LogP contribution in [0.15, 0.2) is 42.5 Å². The van der Waals surface area contributed by atoms with Crippen molar-refractivity contribution in [1.82, 2.24) is 9.88 Å². The topological polar surface area (TPSA) is 45.7 Å². The molecule has 1 saturated heterocycles. The molecule has 32 heavy (non-hydrogen) atoms. The van der Waals surface area contributed by atoms with E-state index in [1.807, 2.05) is 47.4 Å². The molecule has 1 aliphatic rings. The minimum atomic E-state index is -0.0254. The lowest BCUT2D eigenvalue weighted by Gasteiger charge is -2.28. The highest BCUT2D eigenvalue weighted by atomic mass is 35.5. The van der Waals surface area contributed by atoms with Gasteiger partial charge in [-0.15, -0.1) is 0 Å². The molecule has 0 N–H and O–H groups in total. The van der Waals surface area contributed by atoms with Crippen LogP contribution in [0.5, 0.6) is 0 Å². The highest BCUT2D eigenvalue weighted by Gasteiger charge is 2.23. The van der Waals surface area contributed by atoms with Crippen molar-refractivity contribution in [2.75, 3.05) is 44.3 Å². The Morgan fingerprint density at radius 2 is 1.88 bits per heavy atom. The zero-order valence-electron chi connectivity index (χ0n) is 18.9. The third-order valence-electron chi connectivity index (χ3n) is 5.79. The van der Waals surface area contributed by atoms with E-state index in [0.29, 0.717) is 22.3 Å². The van der Waals surface area contributed by atoms with Gasteiger partial charge in [0.15, 0.2) is 5.13 Å². The largest absolute Gasteiger partial charge is 0.379 e. The number of hydrogen-bond acceptors (Lipinski definition) is 5. The molecule has 0 bridgehead atoms. The van der Waals surface area contributed by atoms with E-state index < -0.39 is 0 Å². The molecule has 2 aromatic carbocycles. The average molecular weight is 472 g/mol. The second kappa shape index (κ2) is 9.87. The Morgan fingerprint density at radius 3 is 2.53 bits per heavy atom. The standard InChI is InChI=1S/C25H30ClN3O2S/c1-25(2,3)19-10-8-18(9-11-19)23(30)29(13-5-12-28-14-16-31-17-15-28)24-27-22-20(26)6-4-7-21(22)32-24/h4,6-11H,5,12-17H2,1-3H3. The molecule has 3 aromatic rings. The Kier molecular flexibility index (Phi) is 7.15. The van der Waals surface area contributed by atoms with Gasteiger partial charge in [0, 0.05) is 31.7 Å². The summed E-state index contributed by atoms with van der Waals surface area (Å²) in [5, 5.41) is 1.31. The van der Waals surface area contributed by atoms with Crippen molar-refractivity contribution in [1.29, 1.82) is 0 Å². The molecule has 0 atom stereocenters. The molecule has 5 nitrogen and oxygen atoms in total. The second-order valence-corrected chi connectivity index (χ2v) is 10.6. The van der Waals surface area contributed by atoms with E-state index in [1.54, 1.807) is 0 Å². The number of benzene rings is 2. The quantitative estimate of drug-likeness (QED) is 0.468. The maximum atomic E-state index is 13.6. The van der Waals surface area contributed by atoms with Gasteiger partial charge in [-0.2, -0.15) is 0 Å². The molecule has 1 amide bonds. The van der Waals surface area contributed by atoms with E-state index in [-0.39, 0.29) is 11.3 Å². The molecular weight excluding hydrogens is 442 g/mol. The zero-order valence-corrected chi connectivity index (χ0v) is 20.5. The van der Waals surface area contributed by atoms with Gasteiger partial charge in [-0.25, -0.2) is 4.98 Å². The SMILES string of the molecule is CC(C)(C)c1ccc(C(=O)N(CCCN2CCOCC2)c2nc3c(Cl)cccc3s2)cc1. The summed E-state index contributed by atoms with van der Waals surface area (Å²) in [5.41, 5.74) is 2.68. The summed E-state index contributed by atoms with van der Waals surface area (Å²) >= 11 is 7.87. The number of anilines is 1. The summed E-state index contributed by atoms with van der Waals surface area (Å²) < 4.78 is 6.43. The van der Waals surface area contributed by atoms with E-state index in [2.05, 4.69) is 25.7 Å². The number of fused-ring (bicyclic) bond motifs is 1. The van der Waals surface area contributed by atoms with Crippen LogP contribution in [0.25, 0.3) is 10.2 Å².